The van der Waals surface area contributed by atoms with E-state index in [1.54, 1.807) is 16.7 Å². The highest BCUT2D eigenvalue weighted by molar-refractivity contribution is 5.35. The minimum atomic E-state index is 0.701. The Bertz CT molecular complexity index is 418. The van der Waals surface area contributed by atoms with E-state index in [9.17, 15) is 0 Å². The summed E-state index contributed by atoms with van der Waals surface area (Å²) in [6, 6.07) is 7.95. The summed E-state index contributed by atoms with van der Waals surface area (Å²) in [6.07, 6.45) is 10.9. The van der Waals surface area contributed by atoms with Crippen molar-refractivity contribution in [3.05, 3.63) is 34.9 Å². The fourth-order valence-corrected chi connectivity index (χ4v) is 4.03. The number of rotatable bonds is 5. The summed E-state index contributed by atoms with van der Waals surface area (Å²) < 4.78 is 0. The molecule has 2 aliphatic rings. The van der Waals surface area contributed by atoms with E-state index in [2.05, 4.69) is 30.4 Å². The van der Waals surface area contributed by atoms with Crippen molar-refractivity contribution in [3.63, 3.8) is 0 Å². The monoisotopic (exact) mass is 257 g/mol. The van der Waals surface area contributed by atoms with E-state index in [0.717, 1.165) is 12.5 Å². The molecule has 1 aromatic rings. The zero-order chi connectivity index (χ0) is 13.1. The summed E-state index contributed by atoms with van der Waals surface area (Å²) in [5.74, 6) is 0.910. The van der Waals surface area contributed by atoms with Gasteiger partial charge >= 0.3 is 0 Å². The quantitative estimate of drug-likeness (QED) is 0.844. The van der Waals surface area contributed by atoms with Crippen molar-refractivity contribution >= 4 is 0 Å². The van der Waals surface area contributed by atoms with Gasteiger partial charge in [-0.15, -0.1) is 0 Å². The average Bonchev–Trinajstić information content (AvgIpc) is 3.09. The molecular weight excluding hydrogens is 230 g/mol. The first kappa shape index (κ1) is 13.2. The van der Waals surface area contributed by atoms with Crippen LogP contribution in [-0.2, 0) is 19.3 Å². The summed E-state index contributed by atoms with van der Waals surface area (Å²) in [6.45, 7) is 3.34. The smallest absolute Gasteiger partial charge is 0.0136 e. The molecule has 2 aliphatic carbocycles. The molecule has 1 unspecified atom stereocenters. The summed E-state index contributed by atoms with van der Waals surface area (Å²) in [7, 11) is 0. The molecule has 0 bridgehead atoms. The first-order valence-electron chi connectivity index (χ1n) is 8.21. The Balaban J connectivity index is 1.70. The number of hydrogen-bond donors (Lipinski definition) is 1. The first-order chi connectivity index (χ1) is 9.36. The molecule has 0 amide bonds. The van der Waals surface area contributed by atoms with Gasteiger partial charge in [0.1, 0.15) is 0 Å². The molecule has 0 aliphatic heterocycles. The van der Waals surface area contributed by atoms with Crippen molar-refractivity contribution in [2.75, 3.05) is 6.54 Å². The molecule has 1 N–H and O–H groups in total. The van der Waals surface area contributed by atoms with Crippen molar-refractivity contribution in [1.29, 1.82) is 0 Å². The van der Waals surface area contributed by atoms with E-state index in [1.807, 2.05) is 0 Å². The second-order valence-electron chi connectivity index (χ2n) is 6.37. The summed E-state index contributed by atoms with van der Waals surface area (Å²) in [4.78, 5) is 0. The van der Waals surface area contributed by atoms with Gasteiger partial charge in [-0.3, -0.25) is 0 Å². The zero-order valence-electron chi connectivity index (χ0n) is 12.3. The van der Waals surface area contributed by atoms with Gasteiger partial charge in [-0.2, -0.15) is 0 Å². The largest absolute Gasteiger partial charge is 0.314 e. The predicted molar refractivity (Wildman–Crippen MR) is 81.6 cm³/mol. The van der Waals surface area contributed by atoms with Gasteiger partial charge in [0.15, 0.2) is 0 Å². The third-order valence-electron chi connectivity index (χ3n) is 5.05. The molecule has 0 heterocycles. The molecule has 3 rings (SSSR count). The molecule has 1 nitrogen and oxygen atoms in total. The van der Waals surface area contributed by atoms with Crippen molar-refractivity contribution in [2.24, 2.45) is 5.92 Å². The lowest BCUT2D eigenvalue weighted by Crippen LogP contribution is -2.36. The van der Waals surface area contributed by atoms with E-state index in [-0.39, 0.29) is 0 Å². The second kappa shape index (κ2) is 6.09. The number of aryl methyl sites for hydroxylation is 2. The van der Waals surface area contributed by atoms with Crippen LogP contribution in [0.5, 0.6) is 0 Å². The van der Waals surface area contributed by atoms with Crippen LogP contribution in [-0.4, -0.2) is 12.6 Å². The highest BCUT2D eigenvalue weighted by Crippen LogP contribution is 2.30. The van der Waals surface area contributed by atoms with E-state index < -0.39 is 0 Å². The van der Waals surface area contributed by atoms with Crippen LogP contribution in [0.2, 0.25) is 0 Å². The lowest BCUT2D eigenvalue weighted by molar-refractivity contribution is 0.362. The van der Waals surface area contributed by atoms with Crippen LogP contribution in [0.25, 0.3) is 0 Å². The van der Waals surface area contributed by atoms with Crippen molar-refractivity contribution in [1.82, 2.24) is 5.32 Å². The van der Waals surface area contributed by atoms with E-state index >= 15 is 0 Å². The van der Waals surface area contributed by atoms with Crippen LogP contribution in [0.15, 0.2) is 18.2 Å². The van der Waals surface area contributed by atoms with Gasteiger partial charge in [0.25, 0.3) is 0 Å². The SMILES string of the molecule is CCNC(Cc1ccc2c(c1)CCC2)C1CCCC1. The maximum absolute atomic E-state index is 3.74. The fourth-order valence-electron chi connectivity index (χ4n) is 4.03. The van der Waals surface area contributed by atoms with Crippen molar-refractivity contribution in [3.8, 4) is 0 Å². The Morgan fingerprint density at radius 3 is 2.68 bits per heavy atom. The van der Waals surface area contributed by atoms with Crippen LogP contribution < -0.4 is 5.32 Å². The van der Waals surface area contributed by atoms with E-state index in [0.29, 0.717) is 6.04 Å². The molecule has 0 aromatic heterocycles. The van der Waals surface area contributed by atoms with Crippen LogP contribution >= 0.6 is 0 Å². The lowest BCUT2D eigenvalue weighted by Gasteiger charge is -2.24. The van der Waals surface area contributed by atoms with Crippen LogP contribution in [0.1, 0.15) is 55.7 Å². The van der Waals surface area contributed by atoms with Gasteiger partial charge in [-0.1, -0.05) is 38.0 Å². The average molecular weight is 257 g/mol. The summed E-state index contributed by atoms with van der Waals surface area (Å²) in [5, 5.41) is 3.74. The highest BCUT2D eigenvalue weighted by atomic mass is 14.9. The molecular formula is C18H27N. The molecule has 1 heteroatoms. The zero-order valence-corrected chi connectivity index (χ0v) is 12.3. The van der Waals surface area contributed by atoms with Gasteiger partial charge in [-0.05, 0) is 67.7 Å². The van der Waals surface area contributed by atoms with Crippen LogP contribution in [0.4, 0.5) is 0 Å². The summed E-state index contributed by atoms with van der Waals surface area (Å²) in [5.41, 5.74) is 4.78. The van der Waals surface area contributed by atoms with Gasteiger partial charge in [-0.25, -0.2) is 0 Å². The van der Waals surface area contributed by atoms with Gasteiger partial charge in [0.2, 0.25) is 0 Å². The number of fused-ring (bicyclic) bond motifs is 1. The standard InChI is InChI=1S/C18H27N/c1-2-19-18(16-6-3-4-7-16)13-14-10-11-15-8-5-9-17(15)12-14/h10-12,16,18-19H,2-9,13H2,1H3. The summed E-state index contributed by atoms with van der Waals surface area (Å²) >= 11 is 0. The van der Waals surface area contributed by atoms with Crippen molar-refractivity contribution < 1.29 is 0 Å². The Morgan fingerprint density at radius 1 is 1.11 bits per heavy atom. The van der Waals surface area contributed by atoms with Gasteiger partial charge in [0.05, 0.1) is 0 Å². The molecule has 0 radical (unpaired) electrons. The number of hydrogen-bond acceptors (Lipinski definition) is 1. The third-order valence-corrected chi connectivity index (χ3v) is 5.05. The molecule has 0 saturated heterocycles. The maximum atomic E-state index is 3.74. The number of nitrogens with one attached hydrogen (secondary N) is 1. The maximum Gasteiger partial charge on any atom is 0.0136 e. The molecule has 19 heavy (non-hydrogen) atoms. The Hall–Kier alpha value is -0.820. The van der Waals surface area contributed by atoms with Gasteiger partial charge in [0, 0.05) is 6.04 Å². The molecule has 104 valence electrons. The second-order valence-corrected chi connectivity index (χ2v) is 6.37. The topological polar surface area (TPSA) is 12.0 Å². The minimum absolute atomic E-state index is 0.701. The molecule has 1 saturated carbocycles. The minimum Gasteiger partial charge on any atom is -0.314 e. The van der Waals surface area contributed by atoms with Crippen molar-refractivity contribution in [2.45, 2.75) is 64.3 Å². The highest BCUT2D eigenvalue weighted by Gasteiger charge is 2.24. The molecule has 1 atom stereocenters. The number of benzene rings is 1. The molecule has 1 aromatic carbocycles. The third kappa shape index (κ3) is 3.02. The van der Waals surface area contributed by atoms with Gasteiger partial charge < -0.3 is 5.32 Å². The van der Waals surface area contributed by atoms with Crippen LogP contribution in [0, 0.1) is 5.92 Å². The fraction of sp³-hybridized carbons (Fsp3) is 0.667. The normalized spacial score (nSPS) is 20.7. The molecule has 0 spiro atoms. The number of likely N-dealkylation sites (N-methyl/N-ethyl adjacent to an activating group) is 1. The first-order valence-corrected chi connectivity index (χ1v) is 8.21. The Labute approximate surface area is 117 Å². The lowest BCUT2D eigenvalue weighted by atomic mass is 9.91. The molecule has 1 fully saturated rings. The van der Waals surface area contributed by atoms with Crippen LogP contribution in [0.3, 0.4) is 0 Å². The Kier molecular flexibility index (Phi) is 4.22. The van der Waals surface area contributed by atoms with E-state index in [1.165, 1.54) is 51.4 Å². The predicted octanol–water partition coefficient (Wildman–Crippen LogP) is 3.89. The van der Waals surface area contributed by atoms with E-state index in [4.69, 9.17) is 0 Å². The Morgan fingerprint density at radius 2 is 1.89 bits per heavy atom.